The van der Waals surface area contributed by atoms with Crippen molar-refractivity contribution < 1.29 is 4.79 Å². The van der Waals surface area contributed by atoms with Gasteiger partial charge < -0.3 is 4.40 Å². The van der Waals surface area contributed by atoms with Crippen molar-refractivity contribution in [2.24, 2.45) is 0 Å². The first kappa shape index (κ1) is 21.6. The molecule has 0 atom stereocenters. The number of ketones is 1. The van der Waals surface area contributed by atoms with Gasteiger partial charge in [0.1, 0.15) is 17.7 Å². The summed E-state index contributed by atoms with van der Waals surface area (Å²) in [5.41, 5.74) is 6.05. The molecule has 0 unspecified atom stereocenters. The van der Waals surface area contributed by atoms with Gasteiger partial charge in [-0.05, 0) is 77.4 Å². The monoisotopic (exact) mass is 487 g/mol. The molecule has 0 saturated heterocycles. The zero-order valence-electron chi connectivity index (χ0n) is 19.0. The van der Waals surface area contributed by atoms with Crippen LogP contribution in [0.1, 0.15) is 58.1 Å². The van der Waals surface area contributed by atoms with E-state index in [-0.39, 0.29) is 12.2 Å². The largest absolute Gasteiger partial charge is 0.306 e. The highest BCUT2D eigenvalue weighted by Gasteiger charge is 2.24. The average molecular weight is 488 g/mol. The van der Waals surface area contributed by atoms with Crippen molar-refractivity contribution in [3.63, 3.8) is 0 Å². The van der Waals surface area contributed by atoms with Gasteiger partial charge in [0.05, 0.1) is 24.1 Å². The zero-order chi connectivity index (χ0) is 23.9. The summed E-state index contributed by atoms with van der Waals surface area (Å²) in [7, 11) is 0. The molecule has 0 bridgehead atoms. The van der Waals surface area contributed by atoms with Crippen molar-refractivity contribution in [1.82, 2.24) is 44.6 Å². The standard InChI is InChI=1S/C24H22ClN9O/c1-15-19(22(7-6-20(15)25)34-14-26-29-31-34)5-8-23(35)21-13-33(30-28-21)12-18-11-32-10-17(16-2-3-16)4-9-24(32)27-18/h4,6-7,9-11,13-14,16H,2-3,5,8,12H2,1H3. The van der Waals surface area contributed by atoms with E-state index < -0.39 is 0 Å². The third-order valence-electron chi connectivity index (χ3n) is 6.43. The van der Waals surface area contributed by atoms with Crippen LogP contribution < -0.4 is 0 Å². The van der Waals surface area contributed by atoms with Crippen molar-refractivity contribution in [3.05, 3.63) is 82.3 Å². The minimum Gasteiger partial charge on any atom is -0.306 e. The first-order valence-corrected chi connectivity index (χ1v) is 11.8. The van der Waals surface area contributed by atoms with E-state index in [4.69, 9.17) is 11.6 Å². The van der Waals surface area contributed by atoms with Gasteiger partial charge in [0.2, 0.25) is 0 Å². The van der Waals surface area contributed by atoms with Gasteiger partial charge >= 0.3 is 0 Å². The molecule has 0 spiro atoms. The Morgan fingerprint density at radius 1 is 1.11 bits per heavy atom. The molecule has 1 fully saturated rings. The van der Waals surface area contributed by atoms with Crippen molar-refractivity contribution in [2.75, 3.05) is 0 Å². The maximum Gasteiger partial charge on any atom is 0.185 e. The molecule has 1 aliphatic carbocycles. The number of rotatable bonds is 8. The van der Waals surface area contributed by atoms with E-state index in [0.29, 0.717) is 29.6 Å². The number of Topliss-reactive ketones (excluding diaryl/α,β-unsaturated/α-hetero) is 1. The number of halogens is 1. The molecule has 176 valence electrons. The molecule has 4 aromatic heterocycles. The fraction of sp³-hybridized carbons (Fsp3) is 0.292. The van der Waals surface area contributed by atoms with Gasteiger partial charge in [-0.25, -0.2) is 14.3 Å². The van der Waals surface area contributed by atoms with Gasteiger partial charge in [-0.3, -0.25) is 4.79 Å². The highest BCUT2D eigenvalue weighted by molar-refractivity contribution is 6.31. The van der Waals surface area contributed by atoms with Crippen LogP contribution in [0.5, 0.6) is 0 Å². The number of aromatic nitrogens is 9. The van der Waals surface area contributed by atoms with Crippen LogP contribution in [0.2, 0.25) is 5.02 Å². The summed E-state index contributed by atoms with van der Waals surface area (Å²) in [6, 6.07) is 7.86. The van der Waals surface area contributed by atoms with Gasteiger partial charge in [-0.15, -0.1) is 10.2 Å². The van der Waals surface area contributed by atoms with Gasteiger partial charge in [0, 0.05) is 23.8 Å². The van der Waals surface area contributed by atoms with Crippen LogP contribution in [0.4, 0.5) is 0 Å². The number of carbonyl (C=O) groups excluding carboxylic acids is 1. The number of tetrazole rings is 1. The van der Waals surface area contributed by atoms with Gasteiger partial charge in [-0.2, -0.15) is 0 Å². The summed E-state index contributed by atoms with van der Waals surface area (Å²) in [5.74, 6) is 0.594. The number of hydrogen-bond acceptors (Lipinski definition) is 7. The van der Waals surface area contributed by atoms with E-state index in [9.17, 15) is 4.79 Å². The molecule has 0 radical (unpaired) electrons. The van der Waals surface area contributed by atoms with E-state index >= 15 is 0 Å². The third-order valence-corrected chi connectivity index (χ3v) is 6.84. The van der Waals surface area contributed by atoms with Gasteiger partial charge in [0.15, 0.2) is 5.78 Å². The molecule has 1 saturated carbocycles. The minimum absolute atomic E-state index is 0.0950. The predicted molar refractivity (Wildman–Crippen MR) is 128 cm³/mol. The van der Waals surface area contributed by atoms with Crippen molar-refractivity contribution in [2.45, 2.75) is 45.1 Å². The number of nitrogens with zero attached hydrogens (tertiary/aromatic N) is 9. The van der Waals surface area contributed by atoms with Crippen LogP contribution >= 0.6 is 11.6 Å². The summed E-state index contributed by atoms with van der Waals surface area (Å²) in [6.45, 7) is 2.37. The Labute approximate surface area is 205 Å². The Morgan fingerprint density at radius 3 is 2.80 bits per heavy atom. The maximum absolute atomic E-state index is 12.9. The van der Waals surface area contributed by atoms with Gasteiger partial charge in [-0.1, -0.05) is 22.9 Å². The normalized spacial score (nSPS) is 13.5. The molecule has 4 heterocycles. The van der Waals surface area contributed by atoms with Crippen LogP contribution in [0.3, 0.4) is 0 Å². The summed E-state index contributed by atoms with van der Waals surface area (Å²) < 4.78 is 5.28. The smallest absolute Gasteiger partial charge is 0.185 e. The second-order valence-electron chi connectivity index (χ2n) is 8.88. The lowest BCUT2D eigenvalue weighted by molar-refractivity contribution is 0.0978. The summed E-state index contributed by atoms with van der Waals surface area (Å²) in [4.78, 5) is 17.6. The second kappa shape index (κ2) is 8.70. The number of imidazole rings is 1. The average Bonchev–Trinajstić information content (AvgIpc) is 3.23. The molecule has 5 aromatic rings. The first-order valence-electron chi connectivity index (χ1n) is 11.5. The molecule has 35 heavy (non-hydrogen) atoms. The molecule has 0 aliphatic heterocycles. The van der Waals surface area contributed by atoms with Crippen molar-refractivity contribution >= 4 is 23.0 Å². The Morgan fingerprint density at radius 2 is 2.00 bits per heavy atom. The highest BCUT2D eigenvalue weighted by atomic mass is 35.5. The number of carbonyl (C=O) groups is 1. The van der Waals surface area contributed by atoms with Gasteiger partial charge in [0.25, 0.3) is 0 Å². The molecular formula is C24H22ClN9O. The lowest BCUT2D eigenvalue weighted by Gasteiger charge is -2.12. The first-order chi connectivity index (χ1) is 17.0. The quantitative estimate of drug-likeness (QED) is 0.307. The molecule has 0 N–H and O–H groups in total. The van der Waals surface area contributed by atoms with E-state index in [0.717, 1.165) is 28.2 Å². The Kier molecular flexibility index (Phi) is 5.37. The molecule has 10 nitrogen and oxygen atoms in total. The van der Waals surface area contributed by atoms with E-state index in [1.807, 2.05) is 19.2 Å². The predicted octanol–water partition coefficient (Wildman–Crippen LogP) is 3.60. The van der Waals surface area contributed by atoms with E-state index in [2.05, 4.69) is 53.6 Å². The lowest BCUT2D eigenvalue weighted by atomic mass is 9.99. The zero-order valence-corrected chi connectivity index (χ0v) is 19.8. The molecule has 6 rings (SSSR count). The van der Waals surface area contributed by atoms with Crippen LogP contribution in [0, 0.1) is 6.92 Å². The topological polar surface area (TPSA) is 109 Å². The van der Waals surface area contributed by atoms with Crippen LogP contribution in [-0.2, 0) is 13.0 Å². The number of pyridine rings is 1. The Hall–Kier alpha value is -3.92. The third kappa shape index (κ3) is 4.32. The maximum atomic E-state index is 12.9. The number of benzene rings is 1. The lowest BCUT2D eigenvalue weighted by Crippen LogP contribution is -2.07. The van der Waals surface area contributed by atoms with E-state index in [1.54, 1.807) is 21.6 Å². The molecule has 11 heteroatoms. The number of hydrogen-bond donors (Lipinski definition) is 0. The van der Waals surface area contributed by atoms with Crippen molar-refractivity contribution in [1.29, 1.82) is 0 Å². The second-order valence-corrected chi connectivity index (χ2v) is 9.29. The molecule has 0 amide bonds. The van der Waals surface area contributed by atoms with Crippen molar-refractivity contribution in [3.8, 4) is 5.69 Å². The highest BCUT2D eigenvalue weighted by Crippen LogP contribution is 2.39. The molecular weight excluding hydrogens is 466 g/mol. The van der Waals surface area contributed by atoms with Crippen LogP contribution in [-0.4, -0.2) is 50.4 Å². The fourth-order valence-electron chi connectivity index (χ4n) is 4.35. The molecule has 1 aliphatic rings. The summed E-state index contributed by atoms with van der Waals surface area (Å²) in [6.07, 6.45) is 10.6. The molecule has 1 aromatic carbocycles. The van der Waals surface area contributed by atoms with Crippen LogP contribution in [0.25, 0.3) is 11.3 Å². The SMILES string of the molecule is Cc1c(Cl)ccc(-n2cnnn2)c1CCC(=O)c1cn(Cc2cn3cc(C4CC4)ccc3n2)nn1. The summed E-state index contributed by atoms with van der Waals surface area (Å²) in [5, 5.41) is 20.3. The summed E-state index contributed by atoms with van der Waals surface area (Å²) >= 11 is 6.34. The fourth-order valence-corrected chi connectivity index (χ4v) is 4.52. The number of fused-ring (bicyclic) bond motifs is 1. The minimum atomic E-state index is -0.0950. The Balaban J connectivity index is 1.15. The van der Waals surface area contributed by atoms with Crippen LogP contribution in [0.15, 0.2) is 49.2 Å². The van der Waals surface area contributed by atoms with E-state index in [1.165, 1.54) is 24.7 Å². The Bertz CT molecular complexity index is 1530.